The molecule has 0 aromatic heterocycles. The summed E-state index contributed by atoms with van der Waals surface area (Å²) in [5.74, 6) is 0. The molecule has 0 amide bonds. The molecule has 0 bridgehead atoms. The fraction of sp³-hybridized carbons (Fsp3) is 1.00. The second kappa shape index (κ2) is 43.9. The van der Waals surface area contributed by atoms with Crippen LogP contribution in [0.5, 0.6) is 0 Å². The van der Waals surface area contributed by atoms with E-state index in [1.807, 2.05) is 4.90 Å². The van der Waals surface area contributed by atoms with Gasteiger partial charge in [-0.2, -0.15) is 0 Å². The van der Waals surface area contributed by atoms with Crippen molar-refractivity contribution in [3.63, 3.8) is 0 Å². The minimum absolute atomic E-state index is 0.716. The van der Waals surface area contributed by atoms with Gasteiger partial charge in [0.2, 0.25) is 20.0 Å². The number of sulfonamides is 4. The summed E-state index contributed by atoms with van der Waals surface area (Å²) >= 11 is 0. The van der Waals surface area contributed by atoms with E-state index in [1.165, 1.54) is 275 Å². The van der Waals surface area contributed by atoms with Crippen molar-refractivity contribution in [1.82, 2.24) is 9.03 Å². The third-order valence-electron chi connectivity index (χ3n) is 11.8. The van der Waals surface area contributed by atoms with E-state index in [0.717, 1.165) is 12.5 Å². The van der Waals surface area contributed by atoms with E-state index in [9.17, 15) is 33.7 Å². The molecule has 2 aliphatic heterocycles. The molecule has 12 nitrogen and oxygen atoms in total. The molecule has 0 radical (unpaired) electrons. The average Bonchev–Trinajstić information content (AvgIpc) is 3.91. The number of rotatable bonds is 38. The maximum atomic E-state index is 10.2. The van der Waals surface area contributed by atoms with Crippen LogP contribution in [0.4, 0.5) is 0 Å². The standard InChI is InChI=1S/2C22H45N.C2H7NO4S2.C2H6NO4S2/c2*1-2-3-4-5-6-7-8-9-10-11-12-13-14-15-16-17-20-23-21-18-19-22-23;2*1-8(4,5)3-9(2,6)7/h2*2-22H2,1H3;3H,1-2H3;1-2H3/q;;;-1/p+1. The van der Waals surface area contributed by atoms with Crippen LogP contribution in [-0.4, -0.2) is 103 Å². The zero-order valence-electron chi connectivity index (χ0n) is 42.5. The smallest absolute Gasteiger partial charge is 0.221 e. The van der Waals surface area contributed by atoms with Crippen LogP contribution < -0.4 is 9.03 Å². The molecule has 0 spiro atoms. The molecule has 2 saturated heterocycles. The SMILES string of the molecule is CCCCCCCCCCCCCCCCCCN1CCCC1.CCCCCCCCCCCCCCCCCC[NH+]1CCCC1.CS(=O)(=O)NS(C)(=O)=O.CS(=O)(=O)[N-]S(C)(=O)=O. The van der Waals surface area contributed by atoms with Crippen molar-refractivity contribution in [2.75, 3.05) is 64.3 Å². The normalized spacial score (nSPS) is 15.0. The highest BCUT2D eigenvalue weighted by Gasteiger charge is 2.14. The molecule has 64 heavy (non-hydrogen) atoms. The van der Waals surface area contributed by atoms with Gasteiger partial charge in [-0.15, -0.1) is 4.13 Å². The monoisotopic (exact) mass is 993 g/mol. The van der Waals surface area contributed by atoms with Crippen molar-refractivity contribution in [1.29, 1.82) is 0 Å². The first-order valence-corrected chi connectivity index (χ1v) is 33.6. The fourth-order valence-corrected chi connectivity index (χ4v) is 12.6. The van der Waals surface area contributed by atoms with Gasteiger partial charge in [-0.05, 0) is 51.7 Å². The van der Waals surface area contributed by atoms with E-state index in [2.05, 4.69) is 22.9 Å². The molecule has 0 aliphatic carbocycles. The molecule has 2 aliphatic rings. The molecule has 0 aromatic carbocycles. The van der Waals surface area contributed by atoms with Gasteiger partial charge in [0.1, 0.15) is 0 Å². The van der Waals surface area contributed by atoms with Crippen LogP contribution in [0.15, 0.2) is 0 Å². The summed E-state index contributed by atoms with van der Waals surface area (Å²) in [6.45, 7) is 13.1. The summed E-state index contributed by atoms with van der Waals surface area (Å²) in [5, 5.41) is 0. The summed E-state index contributed by atoms with van der Waals surface area (Å²) in [6.07, 6.45) is 56.0. The summed E-state index contributed by atoms with van der Waals surface area (Å²) in [7, 11) is -14.7. The van der Waals surface area contributed by atoms with Gasteiger partial charge >= 0.3 is 0 Å². The Kier molecular flexibility index (Phi) is 45.1. The molecular weight excluding hydrogens is 889 g/mol. The first-order chi connectivity index (χ1) is 30.3. The molecule has 0 aromatic rings. The van der Waals surface area contributed by atoms with Gasteiger partial charge in [-0.3, -0.25) is 0 Å². The summed E-state index contributed by atoms with van der Waals surface area (Å²) in [6, 6.07) is 0. The van der Waals surface area contributed by atoms with Gasteiger partial charge < -0.3 is 13.9 Å². The van der Waals surface area contributed by atoms with Crippen molar-refractivity contribution >= 4 is 40.1 Å². The molecule has 16 heteroatoms. The first-order valence-electron chi connectivity index (χ1n) is 26.2. The molecule has 0 unspecified atom stereocenters. The Labute approximate surface area is 399 Å². The average molecular weight is 994 g/mol. The van der Waals surface area contributed by atoms with Gasteiger partial charge in [0, 0.05) is 25.4 Å². The lowest BCUT2D eigenvalue weighted by molar-refractivity contribution is -0.887. The van der Waals surface area contributed by atoms with Crippen molar-refractivity contribution in [3.05, 3.63) is 4.13 Å². The summed E-state index contributed by atoms with van der Waals surface area (Å²) in [4.78, 5) is 4.54. The van der Waals surface area contributed by atoms with Crippen LogP contribution in [0, 0.1) is 0 Å². The summed E-state index contributed by atoms with van der Waals surface area (Å²) in [5.41, 5.74) is 0. The number of likely N-dealkylation sites (tertiary alicyclic amines) is 2. The van der Waals surface area contributed by atoms with E-state index in [1.54, 1.807) is 0 Å². The molecule has 2 heterocycles. The minimum Gasteiger partial charge on any atom is -0.437 e. The van der Waals surface area contributed by atoms with Gasteiger partial charge in [0.05, 0.1) is 52.2 Å². The topological polar surface area (TPSA) is 170 Å². The van der Waals surface area contributed by atoms with Crippen LogP contribution in [0.3, 0.4) is 0 Å². The lowest BCUT2D eigenvalue weighted by Gasteiger charge is -2.13. The number of quaternary nitrogens is 1. The van der Waals surface area contributed by atoms with E-state index >= 15 is 0 Å². The van der Waals surface area contributed by atoms with E-state index in [0.29, 0.717) is 12.5 Å². The van der Waals surface area contributed by atoms with Gasteiger partial charge in [0.15, 0.2) is 0 Å². The van der Waals surface area contributed by atoms with Crippen LogP contribution in [0.2, 0.25) is 0 Å². The summed E-state index contributed by atoms with van der Waals surface area (Å²) < 4.78 is 84.9. The van der Waals surface area contributed by atoms with Gasteiger partial charge in [-0.1, -0.05) is 200 Å². The molecule has 2 N–H and O–H groups in total. The Morgan fingerprint density at radius 2 is 0.656 bits per heavy atom. The Bertz CT molecular complexity index is 1280. The number of nitrogens with zero attached hydrogens (tertiary/aromatic N) is 2. The second-order valence-electron chi connectivity index (χ2n) is 19.0. The Morgan fingerprint density at radius 3 is 0.891 bits per heavy atom. The quantitative estimate of drug-likeness (QED) is 0.0572. The Balaban J connectivity index is 0. The van der Waals surface area contributed by atoms with Crippen LogP contribution in [0.25, 0.3) is 4.13 Å². The highest BCUT2D eigenvalue weighted by molar-refractivity contribution is 8.11. The third kappa shape index (κ3) is 59.7. The van der Waals surface area contributed by atoms with Crippen molar-refractivity contribution < 1.29 is 38.6 Å². The highest BCUT2D eigenvalue weighted by atomic mass is 32.3. The predicted octanol–water partition coefficient (Wildman–Crippen LogP) is 11.0. The second-order valence-corrected chi connectivity index (χ2v) is 26.3. The van der Waals surface area contributed by atoms with Crippen molar-refractivity contribution in [3.8, 4) is 0 Å². The van der Waals surface area contributed by atoms with Gasteiger partial charge in [0.25, 0.3) is 0 Å². The predicted molar refractivity (Wildman–Crippen MR) is 275 cm³/mol. The number of unbranched alkanes of at least 4 members (excludes halogenated alkanes) is 30. The van der Waals surface area contributed by atoms with Crippen LogP contribution in [0.1, 0.15) is 245 Å². The van der Waals surface area contributed by atoms with Crippen molar-refractivity contribution in [2.24, 2.45) is 0 Å². The third-order valence-corrected chi connectivity index (χ3v) is 16.4. The molecule has 2 fully saturated rings. The molecule has 388 valence electrons. The lowest BCUT2D eigenvalue weighted by Crippen LogP contribution is -3.09. The number of nitrogens with one attached hydrogen (secondary N) is 2. The molecule has 2 rings (SSSR count). The Hall–Kier alpha value is -0.360. The molecule has 0 atom stereocenters. The number of hydrogen-bond donors (Lipinski definition) is 2. The number of hydrogen-bond acceptors (Lipinski definition) is 9. The molecular formula is C48H104N4O8S4. The largest absolute Gasteiger partial charge is 0.437 e. The minimum atomic E-state index is -3.74. The maximum Gasteiger partial charge on any atom is 0.221 e. The molecule has 0 saturated carbocycles. The van der Waals surface area contributed by atoms with E-state index < -0.39 is 40.1 Å². The van der Waals surface area contributed by atoms with E-state index in [-0.39, 0.29) is 0 Å². The van der Waals surface area contributed by atoms with Crippen LogP contribution >= 0.6 is 0 Å². The van der Waals surface area contributed by atoms with Crippen molar-refractivity contribution in [2.45, 2.75) is 245 Å². The van der Waals surface area contributed by atoms with Gasteiger partial charge in [-0.25, -0.2) is 33.7 Å². The van der Waals surface area contributed by atoms with Crippen LogP contribution in [-0.2, 0) is 40.1 Å². The van der Waals surface area contributed by atoms with E-state index in [4.69, 9.17) is 0 Å². The fourth-order valence-electron chi connectivity index (χ4n) is 8.46. The first kappa shape index (κ1) is 65.7. The lowest BCUT2D eigenvalue weighted by atomic mass is 10.0. The zero-order valence-corrected chi connectivity index (χ0v) is 45.8. The Morgan fingerprint density at radius 1 is 0.391 bits per heavy atom. The maximum absolute atomic E-state index is 10.2. The highest BCUT2D eigenvalue weighted by Crippen LogP contribution is 2.16. The zero-order chi connectivity index (χ0) is 48.3.